The number of carbonyl (C=O) groups is 1. The molecule has 0 aromatic heterocycles. The molecule has 0 aromatic carbocycles. The lowest BCUT2D eigenvalue weighted by molar-refractivity contribution is -0.118. The number of aliphatic hydroxyl groups excluding tert-OH is 1. The maximum absolute atomic E-state index is 10.5. The molecule has 0 spiro atoms. The number of rotatable bonds is 6. The third kappa shape index (κ3) is 7.48. The second-order valence-electron chi connectivity index (χ2n) is 3.04. The fourth-order valence-corrected chi connectivity index (χ4v) is 0.938. The summed E-state index contributed by atoms with van der Waals surface area (Å²) in [5, 5.41) is 9.21. The highest BCUT2D eigenvalue weighted by Crippen LogP contribution is 1.99. The summed E-state index contributed by atoms with van der Waals surface area (Å²) in [5.41, 5.74) is 0. The molecule has 0 bridgehead atoms. The molecular formula is C10H18O2. The molecule has 12 heavy (non-hydrogen) atoms. The molecule has 0 amide bonds. The van der Waals surface area contributed by atoms with Crippen LogP contribution in [0.4, 0.5) is 0 Å². The Balaban J connectivity index is 3.46. The first kappa shape index (κ1) is 11.4. The first-order valence-corrected chi connectivity index (χ1v) is 4.51. The zero-order valence-electron chi connectivity index (χ0n) is 7.92. The molecule has 1 N–H and O–H groups in total. The Labute approximate surface area is 74.3 Å². The zero-order valence-corrected chi connectivity index (χ0v) is 7.92. The standard InChI is InChI=1S/C10H18O2/c1-3-4-5-6-7-10(12)8-9(2)11/h6-7,10,12H,3-5,8H2,1-2H3/b7-6+. The number of aliphatic hydroxyl groups is 1. The fourth-order valence-electron chi connectivity index (χ4n) is 0.938. The predicted molar refractivity (Wildman–Crippen MR) is 50.0 cm³/mol. The van der Waals surface area contributed by atoms with Gasteiger partial charge in [-0.2, -0.15) is 0 Å². The number of ketones is 1. The summed E-state index contributed by atoms with van der Waals surface area (Å²) in [5.74, 6) is 0.0302. The zero-order chi connectivity index (χ0) is 9.40. The highest BCUT2D eigenvalue weighted by Gasteiger charge is 2.01. The molecule has 0 aromatic rings. The van der Waals surface area contributed by atoms with Gasteiger partial charge in [0, 0.05) is 6.42 Å². The minimum absolute atomic E-state index is 0.0302. The number of carbonyl (C=O) groups excluding carboxylic acids is 1. The summed E-state index contributed by atoms with van der Waals surface area (Å²) in [6.07, 6.45) is 6.60. The van der Waals surface area contributed by atoms with Gasteiger partial charge in [-0.15, -0.1) is 0 Å². The lowest BCUT2D eigenvalue weighted by Gasteiger charge is -2.00. The maximum atomic E-state index is 10.5. The lowest BCUT2D eigenvalue weighted by atomic mass is 10.1. The Hall–Kier alpha value is -0.630. The van der Waals surface area contributed by atoms with Crippen molar-refractivity contribution >= 4 is 5.78 Å². The van der Waals surface area contributed by atoms with E-state index in [4.69, 9.17) is 0 Å². The third-order valence-electron chi connectivity index (χ3n) is 1.58. The van der Waals surface area contributed by atoms with E-state index in [2.05, 4.69) is 6.92 Å². The van der Waals surface area contributed by atoms with Crippen molar-refractivity contribution in [3.63, 3.8) is 0 Å². The lowest BCUT2D eigenvalue weighted by Crippen LogP contribution is -2.07. The predicted octanol–water partition coefficient (Wildman–Crippen LogP) is 2.07. The van der Waals surface area contributed by atoms with Gasteiger partial charge in [0.2, 0.25) is 0 Å². The van der Waals surface area contributed by atoms with Gasteiger partial charge in [0.25, 0.3) is 0 Å². The van der Waals surface area contributed by atoms with Crippen molar-refractivity contribution in [1.29, 1.82) is 0 Å². The van der Waals surface area contributed by atoms with E-state index in [1.165, 1.54) is 6.92 Å². The van der Waals surface area contributed by atoms with Gasteiger partial charge in [0.05, 0.1) is 6.10 Å². The van der Waals surface area contributed by atoms with Crippen LogP contribution in [0.1, 0.15) is 39.5 Å². The highest BCUT2D eigenvalue weighted by atomic mass is 16.3. The summed E-state index contributed by atoms with van der Waals surface area (Å²) in [6, 6.07) is 0. The van der Waals surface area contributed by atoms with Crippen LogP contribution in [0.5, 0.6) is 0 Å². The summed E-state index contributed by atoms with van der Waals surface area (Å²) in [6.45, 7) is 3.61. The Bertz CT molecular complexity index is 150. The normalized spacial score (nSPS) is 13.6. The van der Waals surface area contributed by atoms with Crippen molar-refractivity contribution in [2.75, 3.05) is 0 Å². The summed E-state index contributed by atoms with van der Waals surface area (Å²) in [4.78, 5) is 10.5. The maximum Gasteiger partial charge on any atom is 0.132 e. The summed E-state index contributed by atoms with van der Waals surface area (Å²) < 4.78 is 0. The van der Waals surface area contributed by atoms with E-state index >= 15 is 0 Å². The quantitative estimate of drug-likeness (QED) is 0.489. The molecule has 0 aliphatic carbocycles. The Morgan fingerprint density at radius 1 is 1.58 bits per heavy atom. The van der Waals surface area contributed by atoms with E-state index in [1.54, 1.807) is 6.08 Å². The number of unbranched alkanes of at least 4 members (excludes halogenated alkanes) is 2. The van der Waals surface area contributed by atoms with Crippen LogP contribution in [0.2, 0.25) is 0 Å². The van der Waals surface area contributed by atoms with Gasteiger partial charge in [0.15, 0.2) is 0 Å². The minimum Gasteiger partial charge on any atom is -0.389 e. The largest absolute Gasteiger partial charge is 0.389 e. The van der Waals surface area contributed by atoms with E-state index < -0.39 is 6.10 Å². The Morgan fingerprint density at radius 3 is 2.75 bits per heavy atom. The molecule has 0 aliphatic heterocycles. The van der Waals surface area contributed by atoms with Crippen molar-refractivity contribution in [3.8, 4) is 0 Å². The average molecular weight is 170 g/mol. The third-order valence-corrected chi connectivity index (χ3v) is 1.58. The highest BCUT2D eigenvalue weighted by molar-refractivity contribution is 5.76. The van der Waals surface area contributed by atoms with E-state index in [-0.39, 0.29) is 12.2 Å². The van der Waals surface area contributed by atoms with E-state index in [9.17, 15) is 9.90 Å². The molecule has 0 rings (SSSR count). The number of hydrogen-bond donors (Lipinski definition) is 1. The van der Waals surface area contributed by atoms with E-state index in [0.717, 1.165) is 19.3 Å². The van der Waals surface area contributed by atoms with Crippen LogP contribution < -0.4 is 0 Å². The molecule has 70 valence electrons. The Morgan fingerprint density at radius 2 is 2.25 bits per heavy atom. The van der Waals surface area contributed by atoms with Gasteiger partial charge in [-0.25, -0.2) is 0 Å². The van der Waals surface area contributed by atoms with Gasteiger partial charge < -0.3 is 5.11 Å². The van der Waals surface area contributed by atoms with Crippen molar-refractivity contribution in [3.05, 3.63) is 12.2 Å². The van der Waals surface area contributed by atoms with Crippen LogP contribution in [-0.4, -0.2) is 17.0 Å². The first-order valence-electron chi connectivity index (χ1n) is 4.51. The molecule has 0 heterocycles. The van der Waals surface area contributed by atoms with Crippen LogP contribution in [0, 0.1) is 0 Å². The molecule has 1 unspecified atom stereocenters. The number of Topliss-reactive ketones (excluding diaryl/α,β-unsaturated/α-hetero) is 1. The van der Waals surface area contributed by atoms with Gasteiger partial charge >= 0.3 is 0 Å². The average Bonchev–Trinajstić information content (AvgIpc) is 1.97. The van der Waals surface area contributed by atoms with Crippen molar-refractivity contribution in [2.24, 2.45) is 0 Å². The molecule has 0 aliphatic rings. The van der Waals surface area contributed by atoms with Gasteiger partial charge in [-0.1, -0.05) is 31.9 Å². The van der Waals surface area contributed by atoms with Crippen LogP contribution in [-0.2, 0) is 4.79 Å². The smallest absolute Gasteiger partial charge is 0.132 e. The van der Waals surface area contributed by atoms with Crippen molar-refractivity contribution in [1.82, 2.24) is 0 Å². The van der Waals surface area contributed by atoms with E-state index in [1.807, 2.05) is 6.08 Å². The molecule has 2 nitrogen and oxygen atoms in total. The van der Waals surface area contributed by atoms with E-state index in [0.29, 0.717) is 0 Å². The van der Waals surface area contributed by atoms with Crippen LogP contribution >= 0.6 is 0 Å². The molecule has 0 radical (unpaired) electrons. The summed E-state index contributed by atoms with van der Waals surface area (Å²) >= 11 is 0. The van der Waals surface area contributed by atoms with Crippen LogP contribution in [0.15, 0.2) is 12.2 Å². The number of allylic oxidation sites excluding steroid dienone is 1. The van der Waals surface area contributed by atoms with Gasteiger partial charge in [-0.05, 0) is 13.3 Å². The topological polar surface area (TPSA) is 37.3 Å². The molecule has 0 fully saturated rings. The SMILES string of the molecule is CCCC/C=C/C(O)CC(C)=O. The minimum atomic E-state index is -0.584. The second kappa shape index (κ2) is 7.04. The van der Waals surface area contributed by atoms with Crippen molar-refractivity contribution < 1.29 is 9.90 Å². The van der Waals surface area contributed by atoms with Crippen molar-refractivity contribution in [2.45, 2.75) is 45.6 Å². The molecular weight excluding hydrogens is 152 g/mol. The first-order chi connectivity index (χ1) is 5.66. The molecule has 0 saturated heterocycles. The monoisotopic (exact) mass is 170 g/mol. The fraction of sp³-hybridized carbons (Fsp3) is 0.700. The van der Waals surface area contributed by atoms with Crippen LogP contribution in [0.25, 0.3) is 0 Å². The Kier molecular flexibility index (Phi) is 6.67. The van der Waals surface area contributed by atoms with Gasteiger partial charge in [-0.3, -0.25) is 4.79 Å². The molecule has 1 atom stereocenters. The van der Waals surface area contributed by atoms with Crippen LogP contribution in [0.3, 0.4) is 0 Å². The van der Waals surface area contributed by atoms with Gasteiger partial charge in [0.1, 0.15) is 5.78 Å². The number of hydrogen-bond acceptors (Lipinski definition) is 2. The summed E-state index contributed by atoms with van der Waals surface area (Å²) in [7, 11) is 0. The molecule has 0 saturated carbocycles. The second-order valence-corrected chi connectivity index (χ2v) is 3.04. The molecule has 2 heteroatoms.